The molecule has 0 aromatic carbocycles. The van der Waals surface area contributed by atoms with Crippen LogP contribution in [0, 0.1) is 11.8 Å². The van der Waals surface area contributed by atoms with E-state index in [1.54, 1.807) is 11.1 Å². The van der Waals surface area contributed by atoms with E-state index in [2.05, 4.69) is 64.2 Å². The van der Waals surface area contributed by atoms with Gasteiger partial charge in [0, 0.05) is 2.85 Å². The Morgan fingerprint density at radius 3 is 1.31 bits per heavy atom. The van der Waals surface area contributed by atoms with Crippen molar-refractivity contribution in [2.75, 3.05) is 0 Å². The van der Waals surface area contributed by atoms with Crippen molar-refractivity contribution in [2.24, 2.45) is 11.8 Å². The van der Waals surface area contributed by atoms with Crippen molar-refractivity contribution < 1.29 is 2.85 Å². The maximum Gasteiger partial charge on any atom is 0 e. The lowest BCUT2D eigenvalue weighted by Crippen LogP contribution is -1.88. The van der Waals surface area contributed by atoms with E-state index in [4.69, 9.17) is 0 Å². The van der Waals surface area contributed by atoms with Gasteiger partial charge in [-0.2, -0.15) is 0 Å². The molecule has 2 rings (SSSR count). The lowest BCUT2D eigenvalue weighted by molar-refractivity contribution is 0.753. The Morgan fingerprint density at radius 2 is 1.19 bits per heavy atom. The Hall–Kier alpha value is -1.04. The van der Waals surface area contributed by atoms with Crippen molar-refractivity contribution in [1.82, 2.24) is 0 Å². The quantitative estimate of drug-likeness (QED) is 0.572. The molecule has 0 nitrogen and oxygen atoms in total. The molecule has 0 amide bonds. The van der Waals surface area contributed by atoms with Gasteiger partial charge in [0.2, 0.25) is 0 Å². The fourth-order valence-corrected chi connectivity index (χ4v) is 1.78. The van der Waals surface area contributed by atoms with E-state index >= 15 is 0 Å². The van der Waals surface area contributed by atoms with Crippen LogP contribution in [0.3, 0.4) is 0 Å². The maximum atomic E-state index is 2.23. The molecule has 0 aromatic rings. The summed E-state index contributed by atoms with van der Waals surface area (Å²) in [7, 11) is 0. The average Bonchev–Trinajstić information content (AvgIpc) is 2.93. The Morgan fingerprint density at radius 1 is 0.812 bits per heavy atom. The van der Waals surface area contributed by atoms with Gasteiger partial charge in [-0.1, -0.05) is 75.3 Å². The van der Waals surface area contributed by atoms with Crippen LogP contribution in [0.2, 0.25) is 0 Å². The van der Waals surface area contributed by atoms with Crippen LogP contribution in [0.1, 0.15) is 43.4 Å². The van der Waals surface area contributed by atoms with Crippen molar-refractivity contribution in [1.29, 1.82) is 0 Å². The summed E-state index contributed by atoms with van der Waals surface area (Å²) in [5, 5.41) is 0. The Kier molecular flexibility index (Phi) is 5.31. The van der Waals surface area contributed by atoms with Gasteiger partial charge in [-0.15, -0.1) is 0 Å². The van der Waals surface area contributed by atoms with Crippen LogP contribution in [-0.2, 0) is 0 Å². The van der Waals surface area contributed by atoms with Gasteiger partial charge in [0.15, 0.2) is 0 Å². The standard InChI is InChI=1S/2C8H12.2H2/c2*1-7(2)8-5-3-4-6-8;;/h2*3-5,7H,6H2,1-2H3;2*1H. The lowest BCUT2D eigenvalue weighted by Gasteiger charge is -2.02. The second-order valence-electron chi connectivity index (χ2n) is 5.06. The van der Waals surface area contributed by atoms with Gasteiger partial charge >= 0.3 is 0 Å². The normalized spacial score (nSPS) is 17.6. The van der Waals surface area contributed by atoms with Crippen LogP contribution in [0.15, 0.2) is 47.6 Å². The molecule has 0 heteroatoms. The molecule has 2 aliphatic rings. The van der Waals surface area contributed by atoms with Gasteiger partial charge in [0.25, 0.3) is 0 Å². The van der Waals surface area contributed by atoms with E-state index in [1.165, 1.54) is 12.8 Å². The van der Waals surface area contributed by atoms with E-state index in [-0.39, 0.29) is 2.85 Å². The van der Waals surface area contributed by atoms with Gasteiger partial charge in [0.1, 0.15) is 0 Å². The monoisotopic (exact) mass is 220 g/mol. The predicted octanol–water partition coefficient (Wildman–Crippen LogP) is 5.55. The molecule has 0 atom stereocenters. The molecule has 0 heterocycles. The highest BCUT2D eigenvalue weighted by Crippen LogP contribution is 2.19. The third-order valence-corrected chi connectivity index (χ3v) is 3.08. The van der Waals surface area contributed by atoms with E-state index in [1.807, 2.05) is 0 Å². The van der Waals surface area contributed by atoms with Crippen LogP contribution < -0.4 is 0 Å². The second kappa shape index (κ2) is 6.52. The van der Waals surface area contributed by atoms with Crippen LogP contribution in [0.5, 0.6) is 0 Å². The zero-order valence-corrected chi connectivity index (χ0v) is 11.0. The smallest absolute Gasteiger partial charge is 0 e. The SMILES string of the molecule is CC(C)C1=CC=CC1.CC(C)C1=CC=CC1.[HH].[HH]. The van der Waals surface area contributed by atoms with E-state index in [0.717, 1.165) is 11.8 Å². The first kappa shape index (κ1) is 13.0. The first-order valence-electron chi connectivity index (χ1n) is 6.32. The summed E-state index contributed by atoms with van der Waals surface area (Å²) in [6, 6.07) is 0. The molecule has 0 unspecified atom stereocenters. The molecule has 0 fully saturated rings. The van der Waals surface area contributed by atoms with Crippen LogP contribution in [0.4, 0.5) is 0 Å². The number of hydrogen-bond acceptors (Lipinski definition) is 0. The average molecular weight is 220 g/mol. The number of allylic oxidation sites excluding steroid dienone is 8. The van der Waals surface area contributed by atoms with Crippen LogP contribution >= 0.6 is 0 Å². The molecule has 92 valence electrons. The van der Waals surface area contributed by atoms with Crippen molar-refractivity contribution in [3.63, 3.8) is 0 Å². The summed E-state index contributed by atoms with van der Waals surface area (Å²) < 4.78 is 0. The molecule has 0 radical (unpaired) electrons. The Balaban J connectivity index is 0. The van der Waals surface area contributed by atoms with Crippen molar-refractivity contribution >= 4 is 0 Å². The van der Waals surface area contributed by atoms with E-state index in [9.17, 15) is 0 Å². The molecular weight excluding hydrogens is 192 g/mol. The lowest BCUT2D eigenvalue weighted by atomic mass is 10.0. The van der Waals surface area contributed by atoms with Crippen molar-refractivity contribution in [2.45, 2.75) is 40.5 Å². The van der Waals surface area contributed by atoms with Gasteiger partial charge in [0.05, 0.1) is 0 Å². The molecule has 0 saturated heterocycles. The summed E-state index contributed by atoms with van der Waals surface area (Å²) >= 11 is 0. The first-order valence-corrected chi connectivity index (χ1v) is 6.32. The second-order valence-corrected chi connectivity index (χ2v) is 5.06. The summed E-state index contributed by atoms with van der Waals surface area (Å²) in [5.74, 6) is 1.48. The molecule has 0 aromatic heterocycles. The highest BCUT2D eigenvalue weighted by molar-refractivity contribution is 5.24. The molecule has 16 heavy (non-hydrogen) atoms. The summed E-state index contributed by atoms with van der Waals surface area (Å²) in [4.78, 5) is 0. The van der Waals surface area contributed by atoms with Gasteiger partial charge < -0.3 is 0 Å². The first-order chi connectivity index (χ1) is 7.61. The van der Waals surface area contributed by atoms with Crippen LogP contribution in [0.25, 0.3) is 0 Å². The third kappa shape index (κ3) is 4.22. The maximum absolute atomic E-state index is 2.23. The minimum absolute atomic E-state index is 0. The number of hydrogen-bond donors (Lipinski definition) is 0. The van der Waals surface area contributed by atoms with Crippen molar-refractivity contribution in [3.8, 4) is 0 Å². The minimum atomic E-state index is 0. The molecule has 0 saturated carbocycles. The molecule has 0 spiro atoms. The van der Waals surface area contributed by atoms with Gasteiger partial charge in [-0.05, 0) is 24.7 Å². The largest absolute Gasteiger partial charge is 0.0805 e. The predicted molar refractivity (Wildman–Crippen MR) is 77.6 cm³/mol. The zero-order valence-electron chi connectivity index (χ0n) is 11.0. The molecule has 0 aliphatic heterocycles. The minimum Gasteiger partial charge on any atom is -0.0805 e. The van der Waals surface area contributed by atoms with Crippen LogP contribution in [-0.4, -0.2) is 0 Å². The molecule has 0 bridgehead atoms. The Labute approximate surface area is 103 Å². The van der Waals surface area contributed by atoms with Gasteiger partial charge in [-0.25, -0.2) is 0 Å². The van der Waals surface area contributed by atoms with E-state index < -0.39 is 0 Å². The zero-order chi connectivity index (χ0) is 12.0. The van der Waals surface area contributed by atoms with Crippen molar-refractivity contribution in [3.05, 3.63) is 47.6 Å². The topological polar surface area (TPSA) is 0 Å². The highest BCUT2D eigenvalue weighted by atomic mass is 14.1. The highest BCUT2D eigenvalue weighted by Gasteiger charge is 2.02. The van der Waals surface area contributed by atoms with E-state index in [0.29, 0.717) is 0 Å². The molecular formula is C16H28. The summed E-state index contributed by atoms with van der Waals surface area (Å²) in [6.07, 6.45) is 15.5. The fourth-order valence-electron chi connectivity index (χ4n) is 1.78. The third-order valence-electron chi connectivity index (χ3n) is 3.08. The molecule has 0 N–H and O–H groups in total. The summed E-state index contributed by atoms with van der Waals surface area (Å²) in [6.45, 7) is 8.94. The number of rotatable bonds is 2. The summed E-state index contributed by atoms with van der Waals surface area (Å²) in [5.41, 5.74) is 3.12. The molecule has 2 aliphatic carbocycles. The Bertz CT molecular complexity index is 297. The van der Waals surface area contributed by atoms with Gasteiger partial charge in [-0.3, -0.25) is 0 Å². The fraction of sp³-hybridized carbons (Fsp3) is 0.500.